The second-order valence-electron chi connectivity index (χ2n) is 18.3. The number of rotatable bonds is 41. The topological polar surface area (TPSA) is 0 Å². The smallest absolute Gasteiger partial charge is 0.00825 e. The Morgan fingerprint density at radius 2 is 0.932 bits per heavy atom. The van der Waals surface area contributed by atoms with E-state index >= 15 is 0 Å². The van der Waals surface area contributed by atoms with E-state index in [1.54, 1.807) is 0 Å². The third-order valence-electron chi connectivity index (χ3n) is 13.0. The Labute approximate surface area is 378 Å². The molecule has 0 aromatic heterocycles. The molecule has 0 aromatic carbocycles. The van der Waals surface area contributed by atoms with Crippen molar-refractivity contribution in [2.45, 2.75) is 252 Å². The van der Waals surface area contributed by atoms with Gasteiger partial charge >= 0.3 is 0 Å². The minimum atomic E-state index is 0.763. The van der Waals surface area contributed by atoms with Crippen LogP contribution in [0, 0.1) is 23.7 Å². The molecule has 1 rings (SSSR count). The summed E-state index contributed by atoms with van der Waals surface area (Å²) in [7, 11) is 0. The minimum Gasteiger partial charge on any atom is -0.175 e. The zero-order chi connectivity index (χ0) is 43.1. The van der Waals surface area contributed by atoms with Crippen LogP contribution >= 0.6 is 12.6 Å². The molecule has 342 valence electrons. The van der Waals surface area contributed by atoms with E-state index in [9.17, 15) is 0 Å². The maximum Gasteiger partial charge on any atom is 0.00825 e. The van der Waals surface area contributed by atoms with Crippen LogP contribution < -0.4 is 0 Å². The summed E-state index contributed by atoms with van der Waals surface area (Å²) < 4.78 is 0. The van der Waals surface area contributed by atoms with Crippen molar-refractivity contribution in [1.82, 2.24) is 0 Å². The van der Waals surface area contributed by atoms with Crippen molar-refractivity contribution < 1.29 is 0 Å². The zero-order valence-electron chi connectivity index (χ0n) is 40.5. The molecule has 1 saturated carbocycles. The van der Waals surface area contributed by atoms with Crippen LogP contribution in [0.5, 0.6) is 0 Å². The molecule has 0 aromatic rings. The molecule has 4 atom stereocenters. The number of hydrogen-bond donors (Lipinski definition) is 1. The summed E-state index contributed by atoms with van der Waals surface area (Å²) in [4.78, 5) is 0. The normalized spacial score (nSPS) is 17.6. The Bertz CT molecular complexity index is 1020. The van der Waals surface area contributed by atoms with Gasteiger partial charge in [-0.25, -0.2) is 0 Å². The van der Waals surface area contributed by atoms with Crippen molar-refractivity contribution in [2.24, 2.45) is 23.7 Å². The highest BCUT2D eigenvalue weighted by Gasteiger charge is 2.34. The third kappa shape index (κ3) is 39.1. The molecule has 0 saturated heterocycles. The molecule has 4 unspecified atom stereocenters. The van der Waals surface area contributed by atoms with Gasteiger partial charge in [0.15, 0.2) is 0 Å². The van der Waals surface area contributed by atoms with E-state index in [1.807, 2.05) is 0 Å². The standard InChI is InChI=1S/C44H80.C14H24S/c1-4-7-10-12-14-16-18-20-22-24-26-28-30-32-34-36-38-40-43-44(41-9-6-3)42-39-37-35-33-31-29-27-25-23-21-19-17-15-13-11-8-5-2;1-4-12-8-9-13(11(2)3)14(12)7-5-6-10-15/h6,14-17,20-23,44H,3-5,7-13,18-19,24-43H2,1-2H3;5-6,12-15H,2,4,7-10H2,1,3H3/b16-14-,17-15-,22-20-,23-21-;6-5-. The van der Waals surface area contributed by atoms with Gasteiger partial charge in [0.1, 0.15) is 0 Å². The van der Waals surface area contributed by atoms with Crippen LogP contribution in [0.15, 0.2) is 85.6 Å². The summed E-state index contributed by atoms with van der Waals surface area (Å²) in [5.74, 6) is 4.32. The van der Waals surface area contributed by atoms with Crippen LogP contribution in [0.4, 0.5) is 0 Å². The molecule has 59 heavy (non-hydrogen) atoms. The van der Waals surface area contributed by atoms with E-state index in [-0.39, 0.29) is 0 Å². The average Bonchev–Trinajstić information content (AvgIpc) is 3.66. The molecule has 0 nitrogen and oxygen atoms in total. The van der Waals surface area contributed by atoms with Crippen LogP contribution in [0.2, 0.25) is 0 Å². The fraction of sp³-hybridized carbons (Fsp3) is 0.759. The van der Waals surface area contributed by atoms with E-state index in [0.29, 0.717) is 0 Å². The summed E-state index contributed by atoms with van der Waals surface area (Å²) in [6.07, 6.45) is 73.1. The van der Waals surface area contributed by atoms with E-state index in [2.05, 4.69) is 120 Å². The lowest BCUT2D eigenvalue weighted by molar-refractivity contribution is 0.334. The van der Waals surface area contributed by atoms with Crippen molar-refractivity contribution in [3.8, 4) is 0 Å². The zero-order valence-corrected chi connectivity index (χ0v) is 41.4. The van der Waals surface area contributed by atoms with Crippen LogP contribution in [-0.2, 0) is 0 Å². The molecule has 1 heteroatoms. The van der Waals surface area contributed by atoms with Crippen molar-refractivity contribution in [1.29, 1.82) is 0 Å². The lowest BCUT2D eigenvalue weighted by Crippen LogP contribution is -2.14. The fourth-order valence-corrected chi connectivity index (χ4v) is 9.26. The lowest BCUT2D eigenvalue weighted by Gasteiger charge is -2.23. The Morgan fingerprint density at radius 3 is 1.32 bits per heavy atom. The molecule has 0 aliphatic heterocycles. The maximum absolute atomic E-state index is 4.20. The van der Waals surface area contributed by atoms with E-state index < -0.39 is 0 Å². The van der Waals surface area contributed by atoms with Crippen molar-refractivity contribution in [2.75, 3.05) is 5.75 Å². The van der Waals surface area contributed by atoms with Gasteiger partial charge in [0.2, 0.25) is 0 Å². The van der Waals surface area contributed by atoms with Crippen LogP contribution in [0.25, 0.3) is 0 Å². The van der Waals surface area contributed by atoms with Gasteiger partial charge < -0.3 is 0 Å². The van der Waals surface area contributed by atoms with E-state index in [1.165, 1.54) is 217 Å². The van der Waals surface area contributed by atoms with Crippen molar-refractivity contribution in [3.05, 3.63) is 85.6 Å². The van der Waals surface area contributed by atoms with Crippen LogP contribution in [-0.4, -0.2) is 5.75 Å². The van der Waals surface area contributed by atoms with Gasteiger partial charge in [-0.3, -0.25) is 0 Å². The van der Waals surface area contributed by atoms with Gasteiger partial charge in [-0.2, -0.15) is 12.6 Å². The van der Waals surface area contributed by atoms with Gasteiger partial charge in [-0.15, -0.1) is 6.58 Å². The molecular formula is C58H104S. The van der Waals surface area contributed by atoms with Crippen LogP contribution in [0.3, 0.4) is 0 Å². The quantitative estimate of drug-likeness (QED) is 0.0354. The first-order chi connectivity index (χ1) is 29.0. The molecular weight excluding hydrogens is 729 g/mol. The Balaban J connectivity index is 0.00000186. The molecule has 0 spiro atoms. The first-order valence-corrected chi connectivity index (χ1v) is 26.8. The number of hydrogen-bond acceptors (Lipinski definition) is 1. The predicted octanol–water partition coefficient (Wildman–Crippen LogP) is 20.6. The van der Waals surface area contributed by atoms with E-state index in [4.69, 9.17) is 0 Å². The first-order valence-electron chi connectivity index (χ1n) is 26.2. The highest BCUT2D eigenvalue weighted by atomic mass is 32.1. The van der Waals surface area contributed by atoms with Gasteiger partial charge in [-0.05, 0) is 127 Å². The molecule has 0 heterocycles. The second-order valence-corrected chi connectivity index (χ2v) is 18.7. The summed E-state index contributed by atoms with van der Waals surface area (Å²) in [6.45, 7) is 17.2. The molecule has 0 N–H and O–H groups in total. The van der Waals surface area contributed by atoms with Crippen molar-refractivity contribution >= 4 is 12.6 Å². The summed E-state index contributed by atoms with van der Waals surface area (Å²) >= 11 is 4.20. The first kappa shape index (κ1) is 57.5. The predicted molar refractivity (Wildman–Crippen MR) is 277 cm³/mol. The highest BCUT2D eigenvalue weighted by Crippen LogP contribution is 2.44. The molecule has 0 bridgehead atoms. The summed E-state index contributed by atoms with van der Waals surface area (Å²) in [5.41, 5.74) is 1.38. The van der Waals surface area contributed by atoms with Gasteiger partial charge in [0.05, 0.1) is 0 Å². The van der Waals surface area contributed by atoms with Gasteiger partial charge in [0.25, 0.3) is 0 Å². The average molecular weight is 834 g/mol. The van der Waals surface area contributed by atoms with E-state index in [0.717, 1.165) is 42.3 Å². The molecule has 1 aliphatic rings. The molecule has 0 radical (unpaired) electrons. The number of thiol groups is 1. The van der Waals surface area contributed by atoms with Gasteiger partial charge in [-0.1, -0.05) is 228 Å². The molecule has 1 aliphatic carbocycles. The largest absolute Gasteiger partial charge is 0.175 e. The number of allylic oxidation sites excluding steroid dienone is 11. The van der Waals surface area contributed by atoms with Crippen molar-refractivity contribution in [3.63, 3.8) is 0 Å². The summed E-state index contributed by atoms with van der Waals surface area (Å²) in [6, 6.07) is 0. The monoisotopic (exact) mass is 833 g/mol. The fourth-order valence-electron chi connectivity index (χ4n) is 9.11. The summed E-state index contributed by atoms with van der Waals surface area (Å²) in [5, 5.41) is 0. The SMILES string of the molecule is C=C(C)C1CCC(CC)C1C/C=C\CS.C=CCCC(CCCCCCCCC/C=C\C/C=C\CCCCC)CCCCCCCCCC/C=C\C/C=C\CCCCC. The second kappa shape index (κ2) is 47.6. The van der Waals surface area contributed by atoms with Gasteiger partial charge in [0, 0.05) is 5.75 Å². The molecule has 1 fully saturated rings. The lowest BCUT2D eigenvalue weighted by atomic mass is 9.82. The van der Waals surface area contributed by atoms with Crippen LogP contribution in [0.1, 0.15) is 252 Å². The Kier molecular flexibility index (Phi) is 46.4. The Morgan fingerprint density at radius 1 is 0.508 bits per heavy atom. The molecule has 0 amide bonds. The number of unbranched alkanes of at least 4 members (excludes halogenated alkanes) is 21. The minimum absolute atomic E-state index is 0.763. The highest BCUT2D eigenvalue weighted by molar-refractivity contribution is 7.80. The maximum atomic E-state index is 4.20. The third-order valence-corrected chi connectivity index (χ3v) is 13.2. The Hall–Kier alpha value is -1.47.